The van der Waals surface area contributed by atoms with E-state index in [4.69, 9.17) is 4.52 Å². The van der Waals surface area contributed by atoms with Gasteiger partial charge in [-0.1, -0.05) is 62.0 Å². The van der Waals surface area contributed by atoms with Gasteiger partial charge in [-0.15, -0.1) is 5.10 Å². The van der Waals surface area contributed by atoms with Crippen molar-refractivity contribution in [2.75, 3.05) is 0 Å². The summed E-state index contributed by atoms with van der Waals surface area (Å²) in [7, 11) is 0. The molecule has 6 heteroatoms. The van der Waals surface area contributed by atoms with Crippen molar-refractivity contribution in [3.8, 4) is 0 Å². The van der Waals surface area contributed by atoms with E-state index < -0.39 is 0 Å². The maximum atomic E-state index is 5.29. The highest BCUT2D eigenvalue weighted by Gasteiger charge is 2.21. The van der Waals surface area contributed by atoms with E-state index in [1.54, 1.807) is 18.0 Å². The van der Waals surface area contributed by atoms with Gasteiger partial charge in [0.15, 0.2) is 5.82 Å². The second-order valence-corrected chi connectivity index (χ2v) is 6.75. The number of benzene rings is 1. The first-order valence-corrected chi connectivity index (χ1v) is 7.69. The molecule has 0 radical (unpaired) electrons. The maximum Gasteiger partial charge on any atom is 0.237 e. The molecule has 1 aromatic carbocycles. The van der Waals surface area contributed by atoms with Gasteiger partial charge in [-0.05, 0) is 0 Å². The zero-order chi connectivity index (χ0) is 14.9. The zero-order valence-electron chi connectivity index (χ0n) is 12.2. The third kappa shape index (κ3) is 3.05. The Morgan fingerprint density at radius 3 is 2.76 bits per heavy atom. The van der Waals surface area contributed by atoms with Crippen LogP contribution in [0.3, 0.4) is 0 Å². The lowest BCUT2D eigenvalue weighted by Gasteiger charge is -2.10. The van der Waals surface area contributed by atoms with E-state index in [1.165, 1.54) is 0 Å². The summed E-state index contributed by atoms with van der Waals surface area (Å²) < 4.78 is 5.29. The smallest absolute Gasteiger partial charge is 0.237 e. The highest BCUT2D eigenvalue weighted by molar-refractivity contribution is 7.98. The van der Waals surface area contributed by atoms with E-state index in [9.17, 15) is 0 Å². The lowest BCUT2D eigenvalue weighted by Crippen LogP contribution is -2.13. The first-order chi connectivity index (χ1) is 10.0. The van der Waals surface area contributed by atoms with Gasteiger partial charge in [0.2, 0.25) is 5.89 Å². The summed E-state index contributed by atoms with van der Waals surface area (Å²) in [4.78, 5) is 4.43. The third-order valence-electron chi connectivity index (χ3n) is 3.01. The van der Waals surface area contributed by atoms with E-state index in [1.807, 2.05) is 24.3 Å². The maximum absolute atomic E-state index is 5.29. The molecule has 0 unspecified atom stereocenters. The fourth-order valence-electron chi connectivity index (χ4n) is 1.86. The molecule has 2 aromatic heterocycles. The van der Waals surface area contributed by atoms with Crippen molar-refractivity contribution in [3.05, 3.63) is 42.2 Å². The van der Waals surface area contributed by atoms with Crippen LogP contribution in [0.2, 0.25) is 0 Å². The lowest BCUT2D eigenvalue weighted by molar-refractivity contribution is 0.373. The molecular formula is C15H16N4OS. The SMILES string of the molecule is CC(C)(C)c1noc(CSc2nncc3ccccc23)n1. The van der Waals surface area contributed by atoms with E-state index in [0.29, 0.717) is 11.6 Å². The average Bonchev–Trinajstić information content (AvgIpc) is 2.94. The minimum absolute atomic E-state index is 0.105. The largest absolute Gasteiger partial charge is 0.338 e. The second-order valence-electron chi connectivity index (χ2n) is 5.79. The summed E-state index contributed by atoms with van der Waals surface area (Å²) in [5, 5.41) is 15.3. The molecule has 0 N–H and O–H groups in total. The van der Waals surface area contributed by atoms with Gasteiger partial charge in [-0.25, -0.2) is 0 Å². The summed E-state index contributed by atoms with van der Waals surface area (Å²) in [6.07, 6.45) is 1.77. The molecule has 3 rings (SSSR count). The Balaban J connectivity index is 1.79. The number of thioether (sulfide) groups is 1. The van der Waals surface area contributed by atoms with Crippen molar-refractivity contribution in [1.29, 1.82) is 0 Å². The molecule has 0 fully saturated rings. The van der Waals surface area contributed by atoms with Crippen LogP contribution >= 0.6 is 11.8 Å². The van der Waals surface area contributed by atoms with Crippen LogP contribution in [-0.2, 0) is 11.2 Å². The summed E-state index contributed by atoms with van der Waals surface area (Å²) in [6, 6.07) is 8.06. The third-order valence-corrected chi connectivity index (χ3v) is 3.97. The summed E-state index contributed by atoms with van der Waals surface area (Å²) in [5.74, 6) is 1.92. The Labute approximate surface area is 127 Å². The van der Waals surface area contributed by atoms with Gasteiger partial charge in [0.1, 0.15) is 5.03 Å². The van der Waals surface area contributed by atoms with Gasteiger partial charge in [0.25, 0.3) is 0 Å². The standard InChI is InChI=1S/C15H16N4OS/c1-15(2,3)14-17-12(20-19-14)9-21-13-11-7-5-4-6-10(11)8-16-18-13/h4-8H,9H2,1-3H3. The molecular weight excluding hydrogens is 284 g/mol. The lowest BCUT2D eigenvalue weighted by atomic mass is 9.96. The predicted molar refractivity (Wildman–Crippen MR) is 82.1 cm³/mol. The monoisotopic (exact) mass is 300 g/mol. The Bertz CT molecular complexity index is 758. The Morgan fingerprint density at radius 1 is 1.19 bits per heavy atom. The molecule has 0 spiro atoms. The summed E-state index contributed by atoms with van der Waals surface area (Å²) in [5.41, 5.74) is -0.105. The first kappa shape index (κ1) is 14.0. The molecule has 3 aromatic rings. The second kappa shape index (κ2) is 5.44. The normalized spacial score (nSPS) is 12.0. The molecule has 0 aliphatic carbocycles. The number of fused-ring (bicyclic) bond motifs is 1. The van der Waals surface area contributed by atoms with Crippen molar-refractivity contribution >= 4 is 22.5 Å². The molecule has 5 nitrogen and oxygen atoms in total. The van der Waals surface area contributed by atoms with Gasteiger partial charge < -0.3 is 4.52 Å². The number of hydrogen-bond acceptors (Lipinski definition) is 6. The van der Waals surface area contributed by atoms with Crippen LogP contribution < -0.4 is 0 Å². The number of hydrogen-bond donors (Lipinski definition) is 0. The van der Waals surface area contributed by atoms with Crippen LogP contribution in [0.5, 0.6) is 0 Å². The molecule has 21 heavy (non-hydrogen) atoms. The molecule has 0 saturated heterocycles. The van der Waals surface area contributed by atoms with E-state index in [0.717, 1.165) is 21.6 Å². The topological polar surface area (TPSA) is 64.7 Å². The van der Waals surface area contributed by atoms with E-state index in [2.05, 4.69) is 41.1 Å². The number of aromatic nitrogens is 4. The quantitative estimate of drug-likeness (QED) is 0.689. The molecule has 108 valence electrons. The molecule has 2 heterocycles. The van der Waals surface area contributed by atoms with Crippen molar-refractivity contribution in [2.45, 2.75) is 37.0 Å². The first-order valence-electron chi connectivity index (χ1n) is 6.70. The Morgan fingerprint density at radius 2 is 2.00 bits per heavy atom. The van der Waals surface area contributed by atoms with E-state index in [-0.39, 0.29) is 5.41 Å². The summed E-state index contributed by atoms with van der Waals surface area (Å²) in [6.45, 7) is 6.18. The number of nitrogens with zero attached hydrogens (tertiary/aromatic N) is 4. The molecule has 0 aliphatic heterocycles. The van der Waals surface area contributed by atoms with Gasteiger partial charge in [-0.3, -0.25) is 0 Å². The van der Waals surface area contributed by atoms with Crippen molar-refractivity contribution < 1.29 is 4.52 Å². The van der Waals surface area contributed by atoms with E-state index >= 15 is 0 Å². The van der Waals surface area contributed by atoms with Gasteiger partial charge >= 0.3 is 0 Å². The van der Waals surface area contributed by atoms with Crippen molar-refractivity contribution in [3.63, 3.8) is 0 Å². The zero-order valence-corrected chi connectivity index (χ0v) is 13.0. The fourth-order valence-corrected chi connectivity index (χ4v) is 2.68. The Hall–Kier alpha value is -1.95. The highest BCUT2D eigenvalue weighted by Crippen LogP contribution is 2.27. The van der Waals surface area contributed by atoms with Crippen LogP contribution in [0, 0.1) is 0 Å². The van der Waals surface area contributed by atoms with Gasteiger partial charge in [-0.2, -0.15) is 10.1 Å². The molecule has 0 bridgehead atoms. The minimum atomic E-state index is -0.105. The molecule has 0 aliphatic rings. The Kier molecular flexibility index (Phi) is 3.63. The van der Waals surface area contributed by atoms with Crippen molar-refractivity contribution in [2.24, 2.45) is 0 Å². The summed E-state index contributed by atoms with van der Waals surface area (Å²) >= 11 is 1.56. The van der Waals surface area contributed by atoms with Gasteiger partial charge in [0, 0.05) is 16.2 Å². The van der Waals surface area contributed by atoms with Crippen LogP contribution in [0.4, 0.5) is 0 Å². The molecule has 0 atom stereocenters. The van der Waals surface area contributed by atoms with Crippen molar-refractivity contribution in [1.82, 2.24) is 20.3 Å². The molecule has 0 saturated carbocycles. The van der Waals surface area contributed by atoms with Crippen LogP contribution in [0.1, 0.15) is 32.5 Å². The average molecular weight is 300 g/mol. The van der Waals surface area contributed by atoms with Gasteiger partial charge in [0.05, 0.1) is 11.9 Å². The van der Waals surface area contributed by atoms with Crippen LogP contribution in [0.15, 0.2) is 40.0 Å². The van der Waals surface area contributed by atoms with Crippen LogP contribution in [-0.4, -0.2) is 20.3 Å². The number of rotatable bonds is 3. The highest BCUT2D eigenvalue weighted by atomic mass is 32.2. The predicted octanol–water partition coefficient (Wildman–Crippen LogP) is 3.60. The molecule has 0 amide bonds. The van der Waals surface area contributed by atoms with Crippen LogP contribution in [0.25, 0.3) is 10.8 Å². The minimum Gasteiger partial charge on any atom is -0.338 e. The fraction of sp³-hybridized carbons (Fsp3) is 0.333.